The summed E-state index contributed by atoms with van der Waals surface area (Å²) >= 11 is 1.50. The van der Waals surface area contributed by atoms with Gasteiger partial charge in [-0.2, -0.15) is 5.10 Å². The zero-order valence-corrected chi connectivity index (χ0v) is 21.4. The van der Waals surface area contributed by atoms with Gasteiger partial charge in [-0.25, -0.2) is 0 Å². The molecule has 0 spiro atoms. The monoisotopic (exact) mass is 488 g/mol. The van der Waals surface area contributed by atoms with Crippen LogP contribution in [-0.2, 0) is 13.6 Å². The summed E-state index contributed by atoms with van der Waals surface area (Å²) in [5.74, 6) is 1.32. The number of carbonyl (C=O) groups is 1. The van der Waals surface area contributed by atoms with Crippen molar-refractivity contribution in [2.45, 2.75) is 26.3 Å². The number of piperidine rings is 1. The zero-order chi connectivity index (χ0) is 24.4. The van der Waals surface area contributed by atoms with Crippen molar-refractivity contribution >= 4 is 27.5 Å². The molecule has 1 saturated heterocycles. The highest BCUT2D eigenvalue weighted by atomic mass is 32.1. The maximum absolute atomic E-state index is 13.0. The van der Waals surface area contributed by atoms with Crippen molar-refractivity contribution in [3.63, 3.8) is 0 Å². The van der Waals surface area contributed by atoms with E-state index in [0.717, 1.165) is 71.1 Å². The van der Waals surface area contributed by atoms with Gasteiger partial charge in [0, 0.05) is 31.1 Å². The van der Waals surface area contributed by atoms with Gasteiger partial charge >= 0.3 is 0 Å². The van der Waals surface area contributed by atoms with Gasteiger partial charge in [0.25, 0.3) is 5.91 Å². The van der Waals surface area contributed by atoms with Crippen molar-refractivity contribution in [3.8, 4) is 17.0 Å². The van der Waals surface area contributed by atoms with E-state index in [4.69, 9.17) is 9.84 Å². The highest BCUT2D eigenvalue weighted by Crippen LogP contribution is 2.34. The molecule has 0 saturated carbocycles. The van der Waals surface area contributed by atoms with Crippen LogP contribution in [0.25, 0.3) is 21.5 Å². The molecule has 3 heterocycles. The van der Waals surface area contributed by atoms with Gasteiger partial charge in [0.2, 0.25) is 0 Å². The van der Waals surface area contributed by atoms with E-state index >= 15 is 0 Å². The van der Waals surface area contributed by atoms with Crippen LogP contribution >= 0.6 is 11.3 Å². The van der Waals surface area contributed by atoms with Crippen molar-refractivity contribution in [2.24, 2.45) is 13.0 Å². The molecule has 1 aliphatic rings. The lowest BCUT2D eigenvalue weighted by Crippen LogP contribution is -2.38. The first-order valence-corrected chi connectivity index (χ1v) is 13.0. The number of likely N-dealkylation sites (tertiary alicyclic amines) is 1. The molecule has 6 nitrogen and oxygen atoms in total. The summed E-state index contributed by atoms with van der Waals surface area (Å²) in [6.07, 6.45) is 2.23. The first-order valence-electron chi connectivity index (χ1n) is 12.2. The molecule has 0 unspecified atom stereocenters. The summed E-state index contributed by atoms with van der Waals surface area (Å²) in [6, 6.07) is 18.6. The number of hydrogen-bond acceptors (Lipinski definition) is 5. The van der Waals surface area contributed by atoms with Crippen LogP contribution in [0.1, 0.15) is 33.6 Å². The summed E-state index contributed by atoms with van der Waals surface area (Å²) < 4.78 is 7.23. The SMILES string of the molecule is COc1cccc(-c2nn(C)c3sc(C(=O)NCC4CCN(Cc5cccc(C)c5)CC4)cc23)c1. The van der Waals surface area contributed by atoms with Crippen LogP contribution in [-0.4, -0.2) is 47.3 Å². The largest absolute Gasteiger partial charge is 0.497 e. The molecule has 1 aliphatic heterocycles. The molecule has 1 amide bonds. The van der Waals surface area contributed by atoms with Crippen molar-refractivity contribution in [1.82, 2.24) is 20.0 Å². The van der Waals surface area contributed by atoms with Gasteiger partial charge in [0.05, 0.1) is 12.0 Å². The second kappa shape index (κ2) is 10.2. The summed E-state index contributed by atoms with van der Waals surface area (Å²) in [4.78, 5) is 17.2. The topological polar surface area (TPSA) is 59.4 Å². The summed E-state index contributed by atoms with van der Waals surface area (Å²) in [5.41, 5.74) is 4.55. The Kier molecular flexibility index (Phi) is 6.88. The number of nitrogens with zero attached hydrogens (tertiary/aromatic N) is 3. The maximum atomic E-state index is 13.0. The van der Waals surface area contributed by atoms with Gasteiger partial charge in [0.15, 0.2) is 0 Å². The number of aromatic nitrogens is 2. The van der Waals surface area contributed by atoms with E-state index in [1.807, 2.05) is 42.1 Å². The minimum Gasteiger partial charge on any atom is -0.497 e. The highest BCUT2D eigenvalue weighted by Gasteiger charge is 2.22. The average Bonchev–Trinajstić information content (AvgIpc) is 3.44. The van der Waals surface area contributed by atoms with Gasteiger partial charge in [0.1, 0.15) is 16.3 Å². The third kappa shape index (κ3) is 5.26. The number of fused-ring (bicyclic) bond motifs is 1. The van der Waals surface area contributed by atoms with Gasteiger partial charge in [-0.15, -0.1) is 11.3 Å². The minimum atomic E-state index is 0.00461. The van der Waals surface area contributed by atoms with Crippen molar-refractivity contribution in [1.29, 1.82) is 0 Å². The molecule has 182 valence electrons. The summed E-state index contributed by atoms with van der Waals surface area (Å²) in [5, 5.41) is 8.88. The summed E-state index contributed by atoms with van der Waals surface area (Å²) in [7, 11) is 3.59. The smallest absolute Gasteiger partial charge is 0.261 e. The number of hydrogen-bond donors (Lipinski definition) is 1. The number of rotatable bonds is 7. The fourth-order valence-electron chi connectivity index (χ4n) is 4.88. The second-order valence-corrected chi connectivity index (χ2v) is 10.5. The quantitative estimate of drug-likeness (QED) is 0.385. The highest BCUT2D eigenvalue weighted by molar-refractivity contribution is 7.20. The van der Waals surface area contributed by atoms with E-state index in [2.05, 4.69) is 41.4 Å². The van der Waals surface area contributed by atoms with E-state index in [-0.39, 0.29) is 5.91 Å². The molecule has 0 aliphatic carbocycles. The van der Waals surface area contributed by atoms with E-state index < -0.39 is 0 Å². The van der Waals surface area contributed by atoms with Crippen LogP contribution in [0.5, 0.6) is 5.75 Å². The first kappa shape index (κ1) is 23.6. The van der Waals surface area contributed by atoms with Crippen LogP contribution in [0.15, 0.2) is 54.6 Å². The Labute approximate surface area is 210 Å². The summed E-state index contributed by atoms with van der Waals surface area (Å²) in [6.45, 7) is 6.03. The van der Waals surface area contributed by atoms with Crippen LogP contribution in [0.2, 0.25) is 0 Å². The predicted molar refractivity (Wildman–Crippen MR) is 142 cm³/mol. The molecule has 0 atom stereocenters. The predicted octanol–water partition coefficient (Wildman–Crippen LogP) is 5.26. The van der Waals surface area contributed by atoms with E-state index in [1.165, 1.54) is 22.5 Å². The lowest BCUT2D eigenvalue weighted by molar-refractivity contribution is 0.0939. The van der Waals surface area contributed by atoms with Crippen LogP contribution in [0, 0.1) is 12.8 Å². The average molecular weight is 489 g/mol. The normalized spacial score (nSPS) is 14.9. The number of methoxy groups -OCH3 is 1. The van der Waals surface area contributed by atoms with Gasteiger partial charge in [-0.3, -0.25) is 14.4 Å². The second-order valence-electron chi connectivity index (χ2n) is 9.45. The lowest BCUT2D eigenvalue weighted by atomic mass is 9.96. The van der Waals surface area contributed by atoms with E-state index in [0.29, 0.717) is 5.92 Å². The van der Waals surface area contributed by atoms with E-state index in [1.54, 1.807) is 7.11 Å². The Morgan fingerprint density at radius 2 is 1.94 bits per heavy atom. The van der Waals surface area contributed by atoms with Gasteiger partial charge < -0.3 is 10.1 Å². The van der Waals surface area contributed by atoms with Crippen molar-refractivity contribution in [3.05, 3.63) is 70.6 Å². The number of thiophene rings is 1. The molecule has 1 N–H and O–H groups in total. The molecule has 4 aromatic rings. The molecule has 2 aromatic carbocycles. The number of carbonyl (C=O) groups excluding carboxylic acids is 1. The molecule has 0 radical (unpaired) electrons. The number of amides is 1. The molecule has 0 bridgehead atoms. The van der Waals surface area contributed by atoms with Gasteiger partial charge in [-0.1, -0.05) is 42.0 Å². The Hall–Kier alpha value is -3.16. The number of aryl methyl sites for hydroxylation is 2. The third-order valence-electron chi connectivity index (χ3n) is 6.83. The minimum absolute atomic E-state index is 0.00461. The zero-order valence-electron chi connectivity index (χ0n) is 20.6. The molecular formula is C28H32N4O2S. The molecule has 7 heteroatoms. The molecule has 1 fully saturated rings. The first-order chi connectivity index (χ1) is 17.0. The third-order valence-corrected chi connectivity index (χ3v) is 8.03. The Balaban J connectivity index is 1.19. The van der Waals surface area contributed by atoms with Crippen molar-refractivity contribution < 1.29 is 9.53 Å². The Bertz CT molecular complexity index is 1330. The van der Waals surface area contributed by atoms with Crippen LogP contribution < -0.4 is 10.1 Å². The maximum Gasteiger partial charge on any atom is 0.261 e. The fraction of sp³-hybridized carbons (Fsp3) is 0.357. The number of ether oxygens (including phenoxy) is 1. The van der Waals surface area contributed by atoms with E-state index in [9.17, 15) is 4.79 Å². The number of nitrogens with one attached hydrogen (secondary N) is 1. The van der Waals surface area contributed by atoms with Crippen LogP contribution in [0.4, 0.5) is 0 Å². The Morgan fingerprint density at radius 1 is 1.14 bits per heavy atom. The molecular weight excluding hydrogens is 456 g/mol. The standard InChI is InChI=1S/C28H32N4O2S/c1-19-6-4-7-21(14-19)18-32-12-10-20(11-13-32)17-29-27(33)25-16-24-26(30-31(2)28(24)35-25)22-8-5-9-23(15-22)34-3/h4-9,14-16,20H,10-13,17-18H2,1-3H3,(H,29,33). The van der Waals surface area contributed by atoms with Crippen LogP contribution in [0.3, 0.4) is 0 Å². The molecule has 5 rings (SSSR count). The molecule has 35 heavy (non-hydrogen) atoms. The lowest BCUT2D eigenvalue weighted by Gasteiger charge is -2.32. The Morgan fingerprint density at radius 3 is 2.71 bits per heavy atom. The van der Waals surface area contributed by atoms with Gasteiger partial charge in [-0.05, 0) is 62.5 Å². The molecule has 2 aromatic heterocycles. The number of benzene rings is 2. The fourth-order valence-corrected chi connectivity index (χ4v) is 5.87. The van der Waals surface area contributed by atoms with Crippen molar-refractivity contribution in [2.75, 3.05) is 26.7 Å².